The molecule has 0 aliphatic heterocycles. The fourth-order valence-electron chi connectivity index (χ4n) is 2.30. The first-order valence-corrected chi connectivity index (χ1v) is 14.0. The zero-order valence-corrected chi connectivity index (χ0v) is 16.2. The number of nitrogens with two attached hydrogens (primary N) is 1. The molecule has 0 aliphatic carbocycles. The Bertz CT molecular complexity index is 228. The van der Waals surface area contributed by atoms with Crippen molar-refractivity contribution in [2.45, 2.75) is 73.1 Å². The Hall–Kier alpha value is 0.229. The topological polar surface area (TPSA) is 55.1 Å². The number of hydrogen-bond donors (Lipinski definition) is 2. The molecule has 0 saturated heterocycles. The third kappa shape index (κ3) is 8.90. The summed E-state index contributed by atoms with van der Waals surface area (Å²) < 4.78 is 4.54. The van der Waals surface area contributed by atoms with Gasteiger partial charge in [-0.1, -0.05) is 0 Å². The van der Waals surface area contributed by atoms with Gasteiger partial charge in [-0.3, -0.25) is 0 Å². The van der Waals surface area contributed by atoms with Crippen LogP contribution in [0.1, 0.15) is 59.8 Å². The second kappa shape index (κ2) is 12.0. The Balaban J connectivity index is 4.09. The Labute approximate surface area is 126 Å². The molecule has 113 valence electrons. The summed E-state index contributed by atoms with van der Waals surface area (Å²) in [4.78, 5) is 11.5. The summed E-state index contributed by atoms with van der Waals surface area (Å²) >= 11 is -1.16. The molecule has 19 heavy (non-hydrogen) atoms. The maximum absolute atomic E-state index is 11.5. The summed E-state index contributed by atoms with van der Waals surface area (Å²) in [6.07, 6.45) is 6.73. The van der Waals surface area contributed by atoms with Gasteiger partial charge in [-0.2, -0.15) is 0 Å². The number of unbranched alkanes of at least 4 members (excludes halogenated alkanes) is 2. The molecule has 2 atom stereocenters. The molecule has 3 nitrogen and oxygen atoms in total. The van der Waals surface area contributed by atoms with Crippen molar-refractivity contribution in [3.63, 3.8) is 0 Å². The van der Waals surface area contributed by atoms with Gasteiger partial charge in [-0.15, -0.1) is 0 Å². The number of carbonyl (C=O) groups is 1. The van der Waals surface area contributed by atoms with Crippen LogP contribution in [-0.4, -0.2) is 25.7 Å². The molecule has 0 fully saturated rings. The van der Waals surface area contributed by atoms with E-state index in [1.807, 2.05) is 6.92 Å². The Kier molecular flexibility index (Phi) is 12.2. The zero-order chi connectivity index (χ0) is 14.7. The summed E-state index contributed by atoms with van der Waals surface area (Å²) in [5.41, 5.74) is 2.28. The quantitative estimate of drug-likeness (QED) is 0.250. The second-order valence-corrected chi connectivity index (χ2v) is 14.3. The molecule has 1 radical (unpaired) electrons. The molecule has 0 bridgehead atoms. The molecule has 2 unspecified atom stereocenters. The van der Waals surface area contributed by atoms with Crippen molar-refractivity contribution in [1.29, 1.82) is 0 Å². The SMILES string of the molecule is CCC[CH2][Sn]([CH2]CCC)[CH2]CC(C)C(C)C(=O)NN. The number of hydrazine groups is 1. The van der Waals surface area contributed by atoms with Crippen LogP contribution < -0.4 is 11.3 Å². The van der Waals surface area contributed by atoms with Gasteiger partial charge in [0.2, 0.25) is 0 Å². The van der Waals surface area contributed by atoms with Crippen molar-refractivity contribution in [1.82, 2.24) is 5.43 Å². The van der Waals surface area contributed by atoms with Crippen LogP contribution in [0.5, 0.6) is 0 Å². The first-order valence-electron chi connectivity index (χ1n) is 7.90. The fourth-order valence-corrected chi connectivity index (χ4v) is 11.8. The number of hydrogen-bond acceptors (Lipinski definition) is 2. The van der Waals surface area contributed by atoms with Crippen LogP contribution >= 0.6 is 0 Å². The molecule has 0 spiro atoms. The fraction of sp³-hybridized carbons (Fsp3) is 0.933. The maximum atomic E-state index is 11.5. The minimum atomic E-state index is -1.16. The van der Waals surface area contributed by atoms with E-state index in [0.29, 0.717) is 5.92 Å². The van der Waals surface area contributed by atoms with Crippen LogP contribution in [-0.2, 0) is 4.79 Å². The summed E-state index contributed by atoms with van der Waals surface area (Å²) in [6, 6.07) is 0. The van der Waals surface area contributed by atoms with E-state index < -0.39 is 19.8 Å². The van der Waals surface area contributed by atoms with Gasteiger partial charge in [-0.05, 0) is 0 Å². The Morgan fingerprint density at radius 3 is 2.05 bits per heavy atom. The van der Waals surface area contributed by atoms with Gasteiger partial charge in [0, 0.05) is 0 Å². The zero-order valence-electron chi connectivity index (χ0n) is 13.3. The average molecular weight is 376 g/mol. The van der Waals surface area contributed by atoms with E-state index in [-0.39, 0.29) is 11.8 Å². The first kappa shape index (κ1) is 19.2. The van der Waals surface area contributed by atoms with Gasteiger partial charge < -0.3 is 0 Å². The molecule has 0 saturated carbocycles. The molecular weight excluding hydrogens is 343 g/mol. The minimum absolute atomic E-state index is 0.0141. The van der Waals surface area contributed by atoms with Crippen LogP contribution in [0.15, 0.2) is 0 Å². The predicted octanol–water partition coefficient (Wildman–Crippen LogP) is 3.73. The third-order valence-corrected chi connectivity index (χ3v) is 13.0. The van der Waals surface area contributed by atoms with E-state index in [0.717, 1.165) is 0 Å². The molecule has 0 aromatic carbocycles. The summed E-state index contributed by atoms with van der Waals surface area (Å²) in [5.74, 6) is 5.71. The van der Waals surface area contributed by atoms with Crippen LogP contribution in [0.4, 0.5) is 0 Å². The number of amides is 1. The summed E-state index contributed by atoms with van der Waals surface area (Å²) in [5, 5.41) is 0. The van der Waals surface area contributed by atoms with E-state index in [9.17, 15) is 4.79 Å². The predicted molar refractivity (Wildman–Crippen MR) is 85.3 cm³/mol. The number of rotatable bonds is 11. The van der Waals surface area contributed by atoms with Crippen LogP contribution in [0, 0.1) is 11.8 Å². The van der Waals surface area contributed by atoms with Crippen molar-refractivity contribution in [2.24, 2.45) is 17.7 Å². The van der Waals surface area contributed by atoms with Crippen LogP contribution in [0.2, 0.25) is 13.3 Å². The average Bonchev–Trinajstić information content (AvgIpc) is 2.44. The van der Waals surface area contributed by atoms with E-state index >= 15 is 0 Å². The van der Waals surface area contributed by atoms with Crippen molar-refractivity contribution >= 4 is 25.7 Å². The van der Waals surface area contributed by atoms with E-state index in [2.05, 4.69) is 26.2 Å². The van der Waals surface area contributed by atoms with Crippen molar-refractivity contribution < 1.29 is 4.79 Å². The Morgan fingerprint density at radius 1 is 1.11 bits per heavy atom. The molecule has 0 aromatic rings. The monoisotopic (exact) mass is 377 g/mol. The third-order valence-electron chi connectivity index (χ3n) is 4.13. The summed E-state index contributed by atoms with van der Waals surface area (Å²) in [6.45, 7) is 8.77. The van der Waals surface area contributed by atoms with E-state index in [1.54, 1.807) is 8.87 Å². The number of nitrogens with one attached hydrogen (secondary N) is 1. The molecular formula is C15H33N2OSn. The number of carbonyl (C=O) groups excluding carboxylic acids is 1. The molecule has 4 heteroatoms. The van der Waals surface area contributed by atoms with Crippen LogP contribution in [0.25, 0.3) is 0 Å². The van der Waals surface area contributed by atoms with Crippen LogP contribution in [0.3, 0.4) is 0 Å². The van der Waals surface area contributed by atoms with Gasteiger partial charge in [0.1, 0.15) is 0 Å². The van der Waals surface area contributed by atoms with Gasteiger partial charge in [-0.25, -0.2) is 0 Å². The molecule has 0 rings (SSSR count). The van der Waals surface area contributed by atoms with E-state index in [4.69, 9.17) is 5.84 Å². The first-order chi connectivity index (χ1) is 9.06. The van der Waals surface area contributed by atoms with Gasteiger partial charge in [0.15, 0.2) is 0 Å². The van der Waals surface area contributed by atoms with Gasteiger partial charge in [0.25, 0.3) is 0 Å². The Morgan fingerprint density at radius 2 is 1.63 bits per heavy atom. The molecule has 3 N–H and O–H groups in total. The van der Waals surface area contributed by atoms with E-state index in [1.165, 1.54) is 36.5 Å². The molecule has 0 heterocycles. The second-order valence-electron chi connectivity index (χ2n) is 5.77. The van der Waals surface area contributed by atoms with Crippen molar-refractivity contribution in [2.75, 3.05) is 0 Å². The molecule has 0 aliphatic rings. The molecule has 0 aromatic heterocycles. The van der Waals surface area contributed by atoms with Crippen molar-refractivity contribution in [3.8, 4) is 0 Å². The van der Waals surface area contributed by atoms with Gasteiger partial charge >= 0.3 is 127 Å². The van der Waals surface area contributed by atoms with Gasteiger partial charge in [0.05, 0.1) is 0 Å². The standard InChI is InChI=1S/C7H15N2O.2C4H9.Sn/c1-4-5(2)6(3)7(10)9-8;2*1-3-4-2;/h5-6H,1,4,8H2,2-3H3,(H,9,10);2*1,3-4H2,2H3;. The van der Waals surface area contributed by atoms with Crippen molar-refractivity contribution in [3.05, 3.63) is 0 Å². The summed E-state index contributed by atoms with van der Waals surface area (Å²) in [7, 11) is 0. The normalized spacial score (nSPS) is 14.4. The molecule has 1 amide bonds.